The molecule has 0 heterocycles. The van der Waals surface area contributed by atoms with Crippen molar-refractivity contribution in [2.45, 2.75) is 5.41 Å². The number of halogens is 1. The zero-order valence-electron chi connectivity index (χ0n) is 16.2. The van der Waals surface area contributed by atoms with Crippen molar-refractivity contribution in [3.05, 3.63) is 130 Å². The zero-order chi connectivity index (χ0) is 19.9. The van der Waals surface area contributed by atoms with E-state index < -0.39 is 0 Å². The molecule has 2 aliphatic carbocycles. The monoisotopic (exact) mass is 444 g/mol. The molecule has 0 fully saturated rings. The van der Waals surface area contributed by atoms with Crippen LogP contribution in [0.1, 0.15) is 22.3 Å². The van der Waals surface area contributed by atoms with Crippen LogP contribution >= 0.6 is 15.9 Å². The maximum atomic E-state index is 3.74. The zero-order valence-corrected chi connectivity index (χ0v) is 17.8. The third kappa shape index (κ3) is 1.83. The second-order valence-corrected chi connectivity index (χ2v) is 9.16. The molecule has 0 aromatic heterocycles. The normalized spacial score (nSPS) is 14.4. The maximum Gasteiger partial charge on any atom is 0.0725 e. The Hall–Kier alpha value is -3.16. The molecular formula is C29H17Br. The van der Waals surface area contributed by atoms with E-state index in [1.54, 1.807) is 0 Å². The fourth-order valence-electron chi connectivity index (χ4n) is 5.90. The van der Waals surface area contributed by atoms with Crippen molar-refractivity contribution in [3.8, 4) is 22.3 Å². The first kappa shape index (κ1) is 16.6. The van der Waals surface area contributed by atoms with Crippen LogP contribution in [0.25, 0.3) is 33.0 Å². The van der Waals surface area contributed by atoms with Crippen LogP contribution in [0.3, 0.4) is 0 Å². The average Bonchev–Trinajstić information content (AvgIpc) is 3.09. The van der Waals surface area contributed by atoms with Gasteiger partial charge in [0.15, 0.2) is 0 Å². The highest BCUT2D eigenvalue weighted by atomic mass is 79.9. The molecule has 1 spiro atoms. The molecular weight excluding hydrogens is 428 g/mol. The van der Waals surface area contributed by atoms with Gasteiger partial charge in [-0.2, -0.15) is 0 Å². The second kappa shape index (κ2) is 5.71. The minimum absolute atomic E-state index is 0.295. The van der Waals surface area contributed by atoms with Crippen LogP contribution in [0.4, 0.5) is 0 Å². The first-order chi connectivity index (χ1) is 14.8. The highest BCUT2D eigenvalue weighted by Gasteiger charge is 2.49. The van der Waals surface area contributed by atoms with Gasteiger partial charge in [-0.3, -0.25) is 0 Å². The topological polar surface area (TPSA) is 0 Å². The van der Waals surface area contributed by atoms with Gasteiger partial charge in [0.2, 0.25) is 0 Å². The predicted octanol–water partition coefficient (Wildman–Crippen LogP) is 7.95. The van der Waals surface area contributed by atoms with Gasteiger partial charge in [0, 0.05) is 4.47 Å². The minimum atomic E-state index is -0.295. The first-order valence-corrected chi connectivity index (χ1v) is 11.1. The van der Waals surface area contributed by atoms with E-state index in [0.717, 1.165) is 4.47 Å². The molecule has 5 aromatic rings. The smallest absolute Gasteiger partial charge is 0.0619 e. The van der Waals surface area contributed by atoms with Gasteiger partial charge >= 0.3 is 0 Å². The number of fused-ring (bicyclic) bond motifs is 9. The van der Waals surface area contributed by atoms with Gasteiger partial charge in [-0.05, 0) is 67.4 Å². The Balaban J connectivity index is 1.80. The highest BCUT2D eigenvalue weighted by molar-refractivity contribution is 9.10. The fraction of sp³-hybridized carbons (Fsp3) is 0.0345. The summed E-state index contributed by atoms with van der Waals surface area (Å²) in [7, 11) is 0. The minimum Gasteiger partial charge on any atom is -0.0619 e. The molecule has 0 saturated carbocycles. The van der Waals surface area contributed by atoms with E-state index in [9.17, 15) is 0 Å². The van der Waals surface area contributed by atoms with Crippen molar-refractivity contribution in [3.63, 3.8) is 0 Å². The van der Waals surface area contributed by atoms with Gasteiger partial charge in [-0.15, -0.1) is 0 Å². The predicted molar refractivity (Wildman–Crippen MR) is 128 cm³/mol. The van der Waals surface area contributed by atoms with Crippen molar-refractivity contribution in [1.29, 1.82) is 0 Å². The molecule has 0 N–H and O–H groups in total. The third-order valence-corrected chi connectivity index (χ3v) is 7.43. The third-order valence-electron chi connectivity index (χ3n) is 6.94. The molecule has 0 atom stereocenters. The maximum absolute atomic E-state index is 3.74. The Morgan fingerprint density at radius 2 is 1.03 bits per heavy atom. The van der Waals surface area contributed by atoms with E-state index in [1.807, 2.05) is 0 Å². The summed E-state index contributed by atoms with van der Waals surface area (Å²) in [5.41, 5.74) is 10.6. The molecule has 0 unspecified atom stereocenters. The lowest BCUT2D eigenvalue weighted by Crippen LogP contribution is -2.31. The second-order valence-electron chi connectivity index (χ2n) is 8.24. The van der Waals surface area contributed by atoms with Gasteiger partial charge in [0.1, 0.15) is 0 Å². The van der Waals surface area contributed by atoms with E-state index in [1.165, 1.54) is 55.3 Å². The lowest BCUT2D eigenvalue weighted by atomic mass is 9.61. The number of hydrogen-bond acceptors (Lipinski definition) is 0. The van der Waals surface area contributed by atoms with E-state index >= 15 is 0 Å². The van der Waals surface area contributed by atoms with E-state index in [2.05, 4.69) is 119 Å². The molecule has 0 bridgehead atoms. The summed E-state index contributed by atoms with van der Waals surface area (Å²) in [6.45, 7) is 0. The lowest BCUT2D eigenvalue weighted by molar-refractivity contribution is 0.773. The summed E-state index contributed by atoms with van der Waals surface area (Å²) in [5.74, 6) is 0. The average molecular weight is 445 g/mol. The molecule has 0 nitrogen and oxygen atoms in total. The quantitative estimate of drug-likeness (QED) is 0.222. The Morgan fingerprint density at radius 1 is 0.467 bits per heavy atom. The van der Waals surface area contributed by atoms with Crippen molar-refractivity contribution in [2.24, 2.45) is 0 Å². The summed E-state index contributed by atoms with van der Waals surface area (Å²) >= 11 is 3.74. The Kier molecular flexibility index (Phi) is 3.16. The molecule has 0 saturated heterocycles. The highest BCUT2D eigenvalue weighted by Crippen LogP contribution is 2.61. The van der Waals surface area contributed by atoms with Gasteiger partial charge < -0.3 is 0 Å². The number of hydrogen-bond donors (Lipinski definition) is 0. The molecule has 2 aliphatic rings. The number of benzene rings is 5. The van der Waals surface area contributed by atoms with Crippen LogP contribution in [0.5, 0.6) is 0 Å². The molecule has 5 aromatic carbocycles. The fourth-order valence-corrected chi connectivity index (χ4v) is 6.27. The van der Waals surface area contributed by atoms with Gasteiger partial charge in [-0.25, -0.2) is 0 Å². The van der Waals surface area contributed by atoms with Crippen molar-refractivity contribution in [1.82, 2.24) is 0 Å². The molecule has 0 aliphatic heterocycles. The van der Waals surface area contributed by atoms with Crippen LogP contribution in [0, 0.1) is 0 Å². The van der Waals surface area contributed by atoms with E-state index in [-0.39, 0.29) is 5.41 Å². The Labute approximate surface area is 184 Å². The standard InChI is InChI=1S/C29H17Br/c30-19-15-16-26-23(17-19)22-11-5-7-18-8-6-14-27(28(18)22)29(26)24-12-3-1-9-20(24)21-10-2-4-13-25(21)29/h1-17H. The summed E-state index contributed by atoms with van der Waals surface area (Å²) in [5, 5.41) is 2.67. The van der Waals surface area contributed by atoms with Crippen LogP contribution < -0.4 is 0 Å². The molecule has 1 heteroatoms. The van der Waals surface area contributed by atoms with E-state index in [4.69, 9.17) is 0 Å². The summed E-state index contributed by atoms with van der Waals surface area (Å²) < 4.78 is 1.12. The van der Waals surface area contributed by atoms with Gasteiger partial charge in [0.05, 0.1) is 5.41 Å². The van der Waals surface area contributed by atoms with Crippen LogP contribution in [-0.4, -0.2) is 0 Å². The Bertz CT molecular complexity index is 1460. The summed E-state index contributed by atoms with van der Waals surface area (Å²) in [4.78, 5) is 0. The molecule has 30 heavy (non-hydrogen) atoms. The van der Waals surface area contributed by atoms with Crippen LogP contribution in [0.2, 0.25) is 0 Å². The van der Waals surface area contributed by atoms with Crippen molar-refractivity contribution < 1.29 is 0 Å². The molecule has 7 rings (SSSR count). The SMILES string of the molecule is Brc1ccc2c(c1)-c1cccc3cccc(c13)C21c2ccccc2-c2ccccc21. The largest absolute Gasteiger partial charge is 0.0725 e. The molecule has 0 amide bonds. The van der Waals surface area contributed by atoms with E-state index in [0.29, 0.717) is 0 Å². The first-order valence-electron chi connectivity index (χ1n) is 10.3. The Morgan fingerprint density at radius 3 is 1.77 bits per heavy atom. The van der Waals surface area contributed by atoms with Gasteiger partial charge in [0.25, 0.3) is 0 Å². The lowest BCUT2D eigenvalue weighted by Gasteiger charge is -2.40. The van der Waals surface area contributed by atoms with Gasteiger partial charge in [-0.1, -0.05) is 107 Å². The van der Waals surface area contributed by atoms with Crippen molar-refractivity contribution >= 4 is 26.7 Å². The van der Waals surface area contributed by atoms with Crippen LogP contribution in [0.15, 0.2) is 108 Å². The summed E-state index contributed by atoms with van der Waals surface area (Å²) in [6.07, 6.45) is 0. The summed E-state index contributed by atoms with van der Waals surface area (Å²) in [6, 6.07) is 38.2. The van der Waals surface area contributed by atoms with Crippen LogP contribution in [-0.2, 0) is 5.41 Å². The van der Waals surface area contributed by atoms with Crippen molar-refractivity contribution in [2.75, 3.05) is 0 Å². The molecule has 140 valence electrons. The number of rotatable bonds is 0. The molecule has 0 radical (unpaired) electrons.